The van der Waals surface area contributed by atoms with E-state index in [0.29, 0.717) is 36.8 Å². The number of carbonyl (C=O) groups is 1. The molecule has 150 valence electrons. The SMILES string of the molecule is CCCCOc1ccc(C(=O)N2CCN(Cc3ccccn3)CC2)cc1OC. The molecular weight excluding hydrogens is 354 g/mol. The van der Waals surface area contributed by atoms with E-state index in [4.69, 9.17) is 9.47 Å². The first-order valence-electron chi connectivity index (χ1n) is 9.93. The van der Waals surface area contributed by atoms with Crippen molar-refractivity contribution in [3.63, 3.8) is 0 Å². The Kier molecular flexibility index (Phi) is 7.25. The Morgan fingerprint density at radius 3 is 2.61 bits per heavy atom. The summed E-state index contributed by atoms with van der Waals surface area (Å²) in [6, 6.07) is 11.4. The van der Waals surface area contributed by atoms with Gasteiger partial charge < -0.3 is 14.4 Å². The van der Waals surface area contributed by atoms with Crippen molar-refractivity contribution < 1.29 is 14.3 Å². The number of unbranched alkanes of at least 4 members (excludes halogenated alkanes) is 1. The van der Waals surface area contributed by atoms with Crippen LogP contribution in [0.3, 0.4) is 0 Å². The molecule has 0 unspecified atom stereocenters. The molecule has 0 bridgehead atoms. The maximum absolute atomic E-state index is 12.9. The summed E-state index contributed by atoms with van der Waals surface area (Å²) in [7, 11) is 1.60. The highest BCUT2D eigenvalue weighted by atomic mass is 16.5. The number of pyridine rings is 1. The second-order valence-corrected chi connectivity index (χ2v) is 6.96. The molecule has 1 fully saturated rings. The summed E-state index contributed by atoms with van der Waals surface area (Å²) in [5.74, 6) is 1.33. The van der Waals surface area contributed by atoms with Crippen molar-refractivity contribution in [2.45, 2.75) is 26.3 Å². The number of aromatic nitrogens is 1. The van der Waals surface area contributed by atoms with Gasteiger partial charge in [-0.3, -0.25) is 14.7 Å². The van der Waals surface area contributed by atoms with Crippen LogP contribution >= 0.6 is 0 Å². The number of rotatable bonds is 8. The zero-order valence-corrected chi connectivity index (χ0v) is 16.8. The van der Waals surface area contributed by atoms with Crippen LogP contribution in [-0.4, -0.2) is 60.6 Å². The van der Waals surface area contributed by atoms with Crippen LogP contribution in [0.2, 0.25) is 0 Å². The third kappa shape index (κ3) is 5.23. The maximum atomic E-state index is 12.9. The Labute approximate surface area is 167 Å². The Balaban J connectivity index is 1.57. The van der Waals surface area contributed by atoms with E-state index < -0.39 is 0 Å². The van der Waals surface area contributed by atoms with Gasteiger partial charge in [-0.05, 0) is 36.8 Å². The molecule has 0 saturated carbocycles. The van der Waals surface area contributed by atoms with E-state index in [0.717, 1.165) is 38.2 Å². The summed E-state index contributed by atoms with van der Waals surface area (Å²) in [6.45, 7) is 6.71. The van der Waals surface area contributed by atoms with E-state index in [2.05, 4.69) is 16.8 Å². The second-order valence-electron chi connectivity index (χ2n) is 6.96. The molecule has 6 nitrogen and oxygen atoms in total. The van der Waals surface area contributed by atoms with E-state index in [9.17, 15) is 4.79 Å². The standard InChI is InChI=1S/C22H29N3O3/c1-3-4-15-28-20-9-8-18(16-21(20)27-2)22(26)25-13-11-24(12-14-25)17-19-7-5-6-10-23-19/h5-10,16H,3-4,11-15,17H2,1-2H3. The molecule has 28 heavy (non-hydrogen) atoms. The highest BCUT2D eigenvalue weighted by Gasteiger charge is 2.23. The van der Waals surface area contributed by atoms with Crippen LogP contribution in [0, 0.1) is 0 Å². The molecule has 3 rings (SSSR count). The number of hydrogen-bond acceptors (Lipinski definition) is 5. The summed E-state index contributed by atoms with van der Waals surface area (Å²) in [6.07, 6.45) is 3.88. The summed E-state index contributed by atoms with van der Waals surface area (Å²) in [5, 5.41) is 0. The molecule has 0 atom stereocenters. The molecule has 0 aliphatic carbocycles. The van der Waals surface area contributed by atoms with Crippen LogP contribution in [0.15, 0.2) is 42.6 Å². The average molecular weight is 383 g/mol. The minimum absolute atomic E-state index is 0.0379. The third-order valence-corrected chi connectivity index (χ3v) is 4.94. The molecule has 1 amide bonds. The molecule has 2 aromatic rings. The summed E-state index contributed by atoms with van der Waals surface area (Å²) in [4.78, 5) is 21.5. The van der Waals surface area contributed by atoms with Crippen molar-refractivity contribution in [2.24, 2.45) is 0 Å². The lowest BCUT2D eigenvalue weighted by Crippen LogP contribution is -2.48. The Hall–Kier alpha value is -2.60. The molecule has 6 heteroatoms. The Morgan fingerprint density at radius 1 is 1.11 bits per heavy atom. The molecular formula is C22H29N3O3. The van der Waals surface area contributed by atoms with Crippen molar-refractivity contribution in [2.75, 3.05) is 39.9 Å². The lowest BCUT2D eigenvalue weighted by molar-refractivity contribution is 0.0626. The molecule has 0 radical (unpaired) electrons. The monoisotopic (exact) mass is 383 g/mol. The average Bonchev–Trinajstić information content (AvgIpc) is 2.75. The van der Waals surface area contributed by atoms with Gasteiger partial charge in [0.05, 0.1) is 19.4 Å². The molecule has 1 saturated heterocycles. The smallest absolute Gasteiger partial charge is 0.254 e. The zero-order chi connectivity index (χ0) is 19.8. The number of benzene rings is 1. The lowest BCUT2D eigenvalue weighted by atomic mass is 10.1. The normalized spacial score (nSPS) is 14.7. The fourth-order valence-corrected chi connectivity index (χ4v) is 3.26. The largest absolute Gasteiger partial charge is 0.493 e. The van der Waals surface area contributed by atoms with Crippen LogP contribution in [0.25, 0.3) is 0 Å². The van der Waals surface area contributed by atoms with Crippen LogP contribution in [-0.2, 0) is 6.54 Å². The molecule has 1 aromatic carbocycles. The van der Waals surface area contributed by atoms with Crippen LogP contribution in [0.5, 0.6) is 11.5 Å². The number of ether oxygens (including phenoxy) is 2. The highest BCUT2D eigenvalue weighted by Crippen LogP contribution is 2.29. The Morgan fingerprint density at radius 2 is 1.93 bits per heavy atom. The fraction of sp³-hybridized carbons (Fsp3) is 0.455. The minimum atomic E-state index is 0.0379. The van der Waals surface area contributed by atoms with Crippen molar-refractivity contribution in [1.29, 1.82) is 0 Å². The molecule has 2 heterocycles. The van der Waals surface area contributed by atoms with Gasteiger partial charge in [-0.15, -0.1) is 0 Å². The predicted octanol–water partition coefficient (Wildman–Crippen LogP) is 3.23. The lowest BCUT2D eigenvalue weighted by Gasteiger charge is -2.34. The quantitative estimate of drug-likeness (QED) is 0.655. The van der Waals surface area contributed by atoms with Crippen LogP contribution in [0.4, 0.5) is 0 Å². The van der Waals surface area contributed by atoms with Crippen molar-refractivity contribution in [1.82, 2.24) is 14.8 Å². The van der Waals surface area contributed by atoms with Gasteiger partial charge in [-0.1, -0.05) is 19.4 Å². The topological polar surface area (TPSA) is 54.9 Å². The van der Waals surface area contributed by atoms with E-state index in [1.807, 2.05) is 41.4 Å². The molecule has 0 N–H and O–H groups in total. The first-order chi connectivity index (χ1) is 13.7. The minimum Gasteiger partial charge on any atom is -0.493 e. The number of carbonyl (C=O) groups excluding carboxylic acids is 1. The summed E-state index contributed by atoms with van der Waals surface area (Å²) < 4.78 is 11.2. The van der Waals surface area contributed by atoms with E-state index >= 15 is 0 Å². The van der Waals surface area contributed by atoms with Crippen LogP contribution in [0.1, 0.15) is 35.8 Å². The predicted molar refractivity (Wildman–Crippen MR) is 109 cm³/mol. The first-order valence-corrected chi connectivity index (χ1v) is 9.93. The summed E-state index contributed by atoms with van der Waals surface area (Å²) in [5.41, 5.74) is 1.70. The van der Waals surface area contributed by atoms with Crippen molar-refractivity contribution in [3.8, 4) is 11.5 Å². The first kappa shape index (κ1) is 20.1. The highest BCUT2D eigenvalue weighted by molar-refractivity contribution is 5.95. The number of nitrogens with zero attached hydrogens (tertiary/aromatic N) is 3. The van der Waals surface area contributed by atoms with E-state index in [-0.39, 0.29) is 5.91 Å². The van der Waals surface area contributed by atoms with E-state index in [1.165, 1.54) is 0 Å². The van der Waals surface area contributed by atoms with Gasteiger partial charge in [0.2, 0.25) is 0 Å². The van der Waals surface area contributed by atoms with Gasteiger partial charge in [0.15, 0.2) is 11.5 Å². The Bertz CT molecular complexity index is 759. The van der Waals surface area contributed by atoms with Gasteiger partial charge in [-0.25, -0.2) is 0 Å². The number of hydrogen-bond donors (Lipinski definition) is 0. The molecule has 1 aliphatic rings. The van der Waals surface area contributed by atoms with E-state index in [1.54, 1.807) is 13.2 Å². The second kappa shape index (κ2) is 10.1. The number of piperazine rings is 1. The molecule has 1 aliphatic heterocycles. The zero-order valence-electron chi connectivity index (χ0n) is 16.8. The van der Waals surface area contributed by atoms with Crippen molar-refractivity contribution >= 4 is 5.91 Å². The molecule has 1 aromatic heterocycles. The number of amides is 1. The van der Waals surface area contributed by atoms with Gasteiger partial charge in [0.1, 0.15) is 0 Å². The van der Waals surface area contributed by atoms with Crippen LogP contribution < -0.4 is 9.47 Å². The van der Waals surface area contributed by atoms with Gasteiger partial charge in [0, 0.05) is 44.5 Å². The fourth-order valence-electron chi connectivity index (χ4n) is 3.26. The molecule has 0 spiro atoms. The maximum Gasteiger partial charge on any atom is 0.254 e. The van der Waals surface area contributed by atoms with Gasteiger partial charge in [-0.2, -0.15) is 0 Å². The number of methoxy groups -OCH3 is 1. The summed E-state index contributed by atoms with van der Waals surface area (Å²) >= 11 is 0. The third-order valence-electron chi connectivity index (χ3n) is 4.94. The van der Waals surface area contributed by atoms with Gasteiger partial charge >= 0.3 is 0 Å². The van der Waals surface area contributed by atoms with Gasteiger partial charge in [0.25, 0.3) is 5.91 Å². The van der Waals surface area contributed by atoms with Crippen molar-refractivity contribution in [3.05, 3.63) is 53.9 Å².